The third kappa shape index (κ3) is 5.40. The molecule has 0 bridgehead atoms. The van der Waals surface area contributed by atoms with Gasteiger partial charge in [0.05, 0.1) is 31.4 Å². The molecule has 1 aromatic heterocycles. The molecule has 0 saturated heterocycles. The zero-order chi connectivity index (χ0) is 22.4. The molecule has 0 amide bonds. The van der Waals surface area contributed by atoms with Gasteiger partial charge in [0.15, 0.2) is 23.9 Å². The lowest BCUT2D eigenvalue weighted by Crippen LogP contribution is -2.21. The summed E-state index contributed by atoms with van der Waals surface area (Å²) in [5.74, 6) is 0.0796. The van der Waals surface area contributed by atoms with Gasteiger partial charge in [-0.1, -0.05) is 11.6 Å². The summed E-state index contributed by atoms with van der Waals surface area (Å²) >= 11 is 5.79. The van der Waals surface area contributed by atoms with Gasteiger partial charge in [-0.25, -0.2) is 4.98 Å². The summed E-state index contributed by atoms with van der Waals surface area (Å²) in [4.78, 5) is 41.0. The minimum absolute atomic E-state index is 0.0598. The highest BCUT2D eigenvalue weighted by Crippen LogP contribution is 2.29. The van der Waals surface area contributed by atoms with E-state index in [4.69, 9.17) is 25.8 Å². The number of aryl methyl sites for hydroxylation is 1. The fourth-order valence-electron chi connectivity index (χ4n) is 2.98. The van der Waals surface area contributed by atoms with Gasteiger partial charge in [-0.15, -0.1) is 0 Å². The lowest BCUT2D eigenvalue weighted by molar-refractivity contribution is -0.142. The summed E-state index contributed by atoms with van der Waals surface area (Å²) in [5, 5.41) is 0.904. The van der Waals surface area contributed by atoms with Crippen LogP contribution in [0.3, 0.4) is 0 Å². The maximum atomic E-state index is 12.7. The van der Waals surface area contributed by atoms with Crippen LogP contribution in [0.5, 0.6) is 11.5 Å². The van der Waals surface area contributed by atoms with Crippen LogP contribution in [0.1, 0.15) is 23.2 Å². The van der Waals surface area contributed by atoms with Crippen molar-refractivity contribution in [1.29, 1.82) is 0 Å². The quantitative estimate of drug-likeness (QED) is 0.369. The van der Waals surface area contributed by atoms with Crippen molar-refractivity contribution < 1.29 is 23.8 Å². The molecule has 3 aromatic rings. The highest BCUT2D eigenvalue weighted by atomic mass is 35.5. The number of hydrogen-bond donors (Lipinski definition) is 0. The number of ether oxygens (including phenoxy) is 3. The van der Waals surface area contributed by atoms with E-state index in [1.54, 1.807) is 36.4 Å². The zero-order valence-electron chi connectivity index (χ0n) is 17.1. The Kier molecular flexibility index (Phi) is 7.25. The number of aromatic nitrogens is 2. The molecular weight excluding hydrogens is 424 g/mol. The van der Waals surface area contributed by atoms with Crippen LogP contribution in [0.4, 0.5) is 0 Å². The second-order valence-electron chi connectivity index (χ2n) is 6.66. The lowest BCUT2D eigenvalue weighted by atomic mass is 10.1. The molecule has 1 heterocycles. The Morgan fingerprint density at radius 2 is 1.74 bits per heavy atom. The van der Waals surface area contributed by atoms with Crippen molar-refractivity contribution in [2.45, 2.75) is 19.4 Å². The van der Waals surface area contributed by atoms with Gasteiger partial charge in [-0.3, -0.25) is 19.0 Å². The van der Waals surface area contributed by atoms with E-state index >= 15 is 0 Å². The molecule has 0 saturated carbocycles. The summed E-state index contributed by atoms with van der Waals surface area (Å²) in [5.41, 5.74) is 0.648. The first-order chi connectivity index (χ1) is 14.9. The topological polar surface area (TPSA) is 96.7 Å². The second-order valence-corrected chi connectivity index (χ2v) is 7.10. The molecule has 0 aliphatic carbocycles. The van der Waals surface area contributed by atoms with Crippen molar-refractivity contribution in [2.75, 3.05) is 20.8 Å². The first kappa shape index (κ1) is 22.3. The Labute approximate surface area is 183 Å². The van der Waals surface area contributed by atoms with E-state index in [1.165, 1.54) is 25.1 Å². The van der Waals surface area contributed by atoms with E-state index in [0.717, 1.165) is 0 Å². The largest absolute Gasteiger partial charge is 0.493 e. The number of carbonyl (C=O) groups excluding carboxylic acids is 2. The third-order valence-electron chi connectivity index (χ3n) is 4.64. The molecule has 0 unspecified atom stereocenters. The molecular formula is C22H21ClN2O6. The predicted octanol–water partition coefficient (Wildman–Crippen LogP) is 3.27. The van der Waals surface area contributed by atoms with Crippen molar-refractivity contribution in [2.24, 2.45) is 0 Å². The van der Waals surface area contributed by atoms with Crippen molar-refractivity contribution in [3.63, 3.8) is 0 Å². The minimum Gasteiger partial charge on any atom is -0.493 e. The third-order valence-corrected chi connectivity index (χ3v) is 4.89. The van der Waals surface area contributed by atoms with Gasteiger partial charge >= 0.3 is 5.97 Å². The van der Waals surface area contributed by atoms with Crippen LogP contribution in [0.25, 0.3) is 10.9 Å². The molecule has 9 heteroatoms. The highest BCUT2D eigenvalue weighted by Gasteiger charge is 2.13. The van der Waals surface area contributed by atoms with Gasteiger partial charge in [0.1, 0.15) is 0 Å². The lowest BCUT2D eigenvalue weighted by Gasteiger charge is -2.10. The fraction of sp³-hybridized carbons (Fsp3) is 0.273. The van der Waals surface area contributed by atoms with E-state index in [9.17, 15) is 14.4 Å². The molecule has 2 aromatic carbocycles. The summed E-state index contributed by atoms with van der Waals surface area (Å²) in [7, 11) is 2.99. The molecule has 31 heavy (non-hydrogen) atoms. The van der Waals surface area contributed by atoms with Crippen molar-refractivity contribution in [3.05, 3.63) is 63.7 Å². The van der Waals surface area contributed by atoms with Crippen LogP contribution in [-0.2, 0) is 16.1 Å². The van der Waals surface area contributed by atoms with E-state index in [0.29, 0.717) is 39.4 Å². The Bertz CT molecular complexity index is 1160. The van der Waals surface area contributed by atoms with Crippen LogP contribution in [0, 0.1) is 0 Å². The molecule has 3 rings (SSSR count). The normalized spacial score (nSPS) is 10.7. The monoisotopic (exact) mass is 444 g/mol. The average Bonchev–Trinajstić information content (AvgIpc) is 2.78. The van der Waals surface area contributed by atoms with Crippen LogP contribution >= 0.6 is 11.6 Å². The molecule has 0 aliphatic rings. The Morgan fingerprint density at radius 1 is 1.06 bits per heavy atom. The number of rotatable bonds is 9. The number of methoxy groups -OCH3 is 2. The standard InChI is InChI=1S/C22H21ClN2O6/c1-29-19-10-16-17(11-20(19)30-2)24-13-25(22(16)28)9-3-4-21(27)31-12-18(26)14-5-7-15(23)8-6-14/h5-8,10-11,13H,3-4,9,12H2,1-2H3. The van der Waals surface area contributed by atoms with E-state index in [2.05, 4.69) is 4.98 Å². The number of carbonyl (C=O) groups is 2. The van der Waals surface area contributed by atoms with Gasteiger partial charge in [0, 0.05) is 29.6 Å². The summed E-state index contributed by atoms with van der Waals surface area (Å²) < 4.78 is 16.9. The molecule has 0 atom stereocenters. The average molecular weight is 445 g/mol. The molecule has 0 N–H and O–H groups in total. The van der Waals surface area contributed by atoms with Crippen molar-refractivity contribution in [3.8, 4) is 11.5 Å². The van der Waals surface area contributed by atoms with Crippen molar-refractivity contribution in [1.82, 2.24) is 9.55 Å². The van der Waals surface area contributed by atoms with Crippen LogP contribution < -0.4 is 15.0 Å². The predicted molar refractivity (Wildman–Crippen MR) is 115 cm³/mol. The highest BCUT2D eigenvalue weighted by molar-refractivity contribution is 6.30. The van der Waals surface area contributed by atoms with Gasteiger partial charge in [0.25, 0.3) is 5.56 Å². The number of fused-ring (bicyclic) bond motifs is 1. The van der Waals surface area contributed by atoms with Crippen molar-refractivity contribution >= 4 is 34.3 Å². The number of benzene rings is 2. The number of Topliss-reactive ketones (excluding diaryl/α,β-unsaturated/α-hetero) is 1. The number of esters is 1. The number of nitrogens with zero attached hydrogens (tertiary/aromatic N) is 2. The maximum Gasteiger partial charge on any atom is 0.306 e. The fourth-order valence-corrected chi connectivity index (χ4v) is 3.10. The number of hydrogen-bond acceptors (Lipinski definition) is 7. The molecule has 0 fully saturated rings. The van der Waals surface area contributed by atoms with Crippen LogP contribution in [0.15, 0.2) is 47.5 Å². The van der Waals surface area contributed by atoms with E-state index in [-0.39, 0.29) is 30.9 Å². The summed E-state index contributed by atoms with van der Waals surface area (Å²) in [6.45, 7) is -0.0735. The number of ketones is 1. The molecule has 8 nitrogen and oxygen atoms in total. The SMILES string of the molecule is COc1cc2ncn(CCCC(=O)OCC(=O)c3ccc(Cl)cc3)c(=O)c2cc1OC. The second kappa shape index (κ2) is 10.1. The van der Waals surface area contributed by atoms with Gasteiger partial charge in [-0.05, 0) is 36.8 Å². The molecule has 0 aliphatic heterocycles. The van der Waals surface area contributed by atoms with Gasteiger partial charge < -0.3 is 14.2 Å². The van der Waals surface area contributed by atoms with E-state index in [1.807, 2.05) is 0 Å². The van der Waals surface area contributed by atoms with Crippen LogP contribution in [0.2, 0.25) is 5.02 Å². The first-order valence-corrected chi connectivity index (χ1v) is 9.86. The van der Waals surface area contributed by atoms with Crippen LogP contribution in [-0.4, -0.2) is 42.1 Å². The Morgan fingerprint density at radius 3 is 2.42 bits per heavy atom. The Hall–Kier alpha value is -3.39. The molecule has 0 radical (unpaired) electrons. The number of halogens is 1. The summed E-state index contributed by atoms with van der Waals surface area (Å²) in [6.07, 6.45) is 1.84. The maximum absolute atomic E-state index is 12.7. The zero-order valence-corrected chi connectivity index (χ0v) is 17.8. The molecule has 0 spiro atoms. The van der Waals surface area contributed by atoms with Gasteiger partial charge in [0.2, 0.25) is 0 Å². The molecule has 162 valence electrons. The minimum atomic E-state index is -0.518. The van der Waals surface area contributed by atoms with Gasteiger partial charge in [-0.2, -0.15) is 0 Å². The first-order valence-electron chi connectivity index (χ1n) is 9.48. The Balaban J connectivity index is 1.56. The van der Waals surface area contributed by atoms with E-state index < -0.39 is 5.97 Å². The summed E-state index contributed by atoms with van der Waals surface area (Å²) in [6, 6.07) is 9.55. The smallest absolute Gasteiger partial charge is 0.306 e.